The van der Waals surface area contributed by atoms with E-state index >= 15 is 0 Å². The first-order chi connectivity index (χ1) is 30.4. The van der Waals surface area contributed by atoms with E-state index in [1.807, 2.05) is 18.7 Å². The van der Waals surface area contributed by atoms with Gasteiger partial charge in [0.15, 0.2) is 11.6 Å². The summed E-state index contributed by atoms with van der Waals surface area (Å²) in [6, 6.07) is 11.4. The number of amides is 2. The van der Waals surface area contributed by atoms with Crippen molar-refractivity contribution in [2.45, 2.75) is 77.2 Å². The van der Waals surface area contributed by atoms with Gasteiger partial charge < -0.3 is 40.5 Å². The Bertz CT molecular complexity index is 2480. The van der Waals surface area contributed by atoms with Crippen LogP contribution in [-0.2, 0) is 35.7 Å². The summed E-state index contributed by atoms with van der Waals surface area (Å²) in [7, 11) is 0. The number of hydrogen-bond donors (Lipinski definition) is 4. The van der Waals surface area contributed by atoms with Gasteiger partial charge in [0.25, 0.3) is 5.91 Å². The second-order valence-corrected chi connectivity index (χ2v) is 18.9. The summed E-state index contributed by atoms with van der Waals surface area (Å²) in [6.07, 6.45) is 5.33. The molecule has 332 valence electrons. The Hall–Kier alpha value is -5.46. The molecule has 3 fully saturated rings. The van der Waals surface area contributed by atoms with Gasteiger partial charge in [-0.1, -0.05) is 32.0 Å². The molecule has 5 aromatic rings. The third-order valence-electron chi connectivity index (χ3n) is 12.9. The van der Waals surface area contributed by atoms with Gasteiger partial charge in [0.2, 0.25) is 11.9 Å². The van der Waals surface area contributed by atoms with Gasteiger partial charge in [-0.25, -0.2) is 19.9 Å². The minimum atomic E-state index is -1.04. The summed E-state index contributed by atoms with van der Waals surface area (Å²) in [4.78, 5) is 57.2. The topological polar surface area (TPSA) is 198 Å². The third-order valence-corrected chi connectivity index (χ3v) is 14.0. The monoisotopic (exact) mass is 876 g/mol. The van der Waals surface area contributed by atoms with E-state index in [0.29, 0.717) is 82.3 Å². The molecule has 16 nitrogen and oxygen atoms in total. The summed E-state index contributed by atoms with van der Waals surface area (Å²) in [5, 5.41) is 32.5. The van der Waals surface area contributed by atoms with E-state index in [1.54, 1.807) is 34.7 Å². The summed E-state index contributed by atoms with van der Waals surface area (Å²) in [6.45, 7) is 13.2. The SMILES string of the molecule is CC(C)c1cc(C(=O)N2Cc3ccc(CN4CCCN(C(=O)CC5(O)CCN(Cc6cc7nc(-c8cnc(N)nc8)nc(N8CCOCC8)c7s6)CC5)CC4)cc3C2)c(O)cc1O. The predicted molar refractivity (Wildman–Crippen MR) is 240 cm³/mol. The molecule has 7 heterocycles. The van der Waals surface area contributed by atoms with Gasteiger partial charge in [0, 0.05) is 102 Å². The lowest BCUT2D eigenvalue weighted by atomic mass is 9.87. The lowest BCUT2D eigenvalue weighted by Crippen LogP contribution is -2.47. The molecule has 4 aliphatic heterocycles. The van der Waals surface area contributed by atoms with Crippen molar-refractivity contribution in [2.24, 2.45) is 0 Å². The number of rotatable bonds is 10. The number of anilines is 2. The van der Waals surface area contributed by atoms with Crippen molar-refractivity contribution in [1.82, 2.24) is 39.5 Å². The quantitative estimate of drug-likeness (QED) is 0.151. The summed E-state index contributed by atoms with van der Waals surface area (Å²) < 4.78 is 6.66. The van der Waals surface area contributed by atoms with Crippen LogP contribution in [0.25, 0.3) is 21.6 Å². The maximum absolute atomic E-state index is 13.7. The number of carbonyl (C=O) groups is 2. The Morgan fingerprint density at radius 1 is 0.841 bits per heavy atom. The fraction of sp³-hybridized carbons (Fsp3) is 0.478. The molecule has 5 N–H and O–H groups in total. The zero-order valence-electron chi connectivity index (χ0n) is 36.0. The number of likely N-dealkylation sites (tertiary alicyclic amines) is 1. The molecule has 0 atom stereocenters. The van der Waals surface area contributed by atoms with Crippen LogP contribution in [0.2, 0.25) is 0 Å². The molecule has 63 heavy (non-hydrogen) atoms. The highest BCUT2D eigenvalue weighted by Gasteiger charge is 2.36. The number of benzene rings is 2. The maximum Gasteiger partial charge on any atom is 0.258 e. The number of aromatic hydroxyl groups is 2. The molecular formula is C46H56N10O6S. The zero-order chi connectivity index (χ0) is 43.8. The van der Waals surface area contributed by atoms with Crippen molar-refractivity contribution >= 4 is 45.1 Å². The average molecular weight is 877 g/mol. The number of phenolic OH excluding ortho intramolecular Hbond substituents is 2. The lowest BCUT2D eigenvalue weighted by Gasteiger charge is -2.38. The fourth-order valence-corrected chi connectivity index (χ4v) is 10.4. The van der Waals surface area contributed by atoms with E-state index < -0.39 is 5.60 Å². The van der Waals surface area contributed by atoms with Crippen LogP contribution >= 0.6 is 11.3 Å². The number of phenols is 2. The van der Waals surface area contributed by atoms with Crippen LogP contribution in [0.4, 0.5) is 11.8 Å². The first-order valence-corrected chi connectivity index (χ1v) is 22.8. The van der Waals surface area contributed by atoms with E-state index in [4.69, 9.17) is 20.4 Å². The maximum atomic E-state index is 13.7. The standard InChI is InChI=1S/C46H56N10O6S/c1-29(2)35-20-36(39(58)21-38(35)57)44(60)56-26-31-5-4-30(18-32(31)27-56)25-52-8-3-9-54(13-12-52)40(59)22-46(61)6-10-53(11-7-46)28-34-19-37-41(63-34)43(55-14-16-62-17-15-55)51-42(50-37)33-23-48-45(47)49-24-33/h4-5,18-21,23-24,29,57-58,61H,3,6-17,22,25-28H2,1-2H3,(H2,47,48,49). The van der Waals surface area contributed by atoms with Crippen molar-refractivity contribution in [3.63, 3.8) is 0 Å². The smallest absolute Gasteiger partial charge is 0.258 e. The van der Waals surface area contributed by atoms with Crippen LogP contribution in [-0.4, -0.2) is 138 Å². The molecule has 0 bridgehead atoms. The number of fused-ring (bicyclic) bond motifs is 2. The van der Waals surface area contributed by atoms with Crippen molar-refractivity contribution in [2.75, 3.05) is 76.2 Å². The Morgan fingerprint density at radius 3 is 2.35 bits per heavy atom. The molecule has 3 saturated heterocycles. The highest BCUT2D eigenvalue weighted by Crippen LogP contribution is 2.37. The van der Waals surface area contributed by atoms with Crippen LogP contribution in [0, 0.1) is 0 Å². The molecule has 0 radical (unpaired) electrons. The van der Waals surface area contributed by atoms with Gasteiger partial charge in [0.1, 0.15) is 11.5 Å². The number of thiophene rings is 1. The second kappa shape index (κ2) is 18.0. The molecule has 0 unspecified atom stereocenters. The van der Waals surface area contributed by atoms with E-state index in [0.717, 1.165) is 78.4 Å². The fourth-order valence-electron chi connectivity index (χ4n) is 9.26. The predicted octanol–water partition coefficient (Wildman–Crippen LogP) is 4.71. The molecule has 0 spiro atoms. The first-order valence-electron chi connectivity index (χ1n) is 22.0. The van der Waals surface area contributed by atoms with E-state index in [-0.39, 0.29) is 47.2 Å². The lowest BCUT2D eigenvalue weighted by molar-refractivity contribution is -0.138. The van der Waals surface area contributed by atoms with Crippen molar-refractivity contribution in [3.8, 4) is 22.9 Å². The number of hydrogen-bond acceptors (Lipinski definition) is 15. The number of nitrogens with zero attached hydrogens (tertiary/aromatic N) is 9. The van der Waals surface area contributed by atoms with Crippen molar-refractivity contribution < 1.29 is 29.6 Å². The van der Waals surface area contributed by atoms with Crippen LogP contribution < -0.4 is 10.6 Å². The second-order valence-electron chi connectivity index (χ2n) is 17.8. The third kappa shape index (κ3) is 9.43. The Kier molecular flexibility index (Phi) is 12.2. The molecule has 3 aromatic heterocycles. The van der Waals surface area contributed by atoms with Crippen LogP contribution in [0.5, 0.6) is 11.5 Å². The van der Waals surface area contributed by atoms with Crippen molar-refractivity contribution in [3.05, 3.63) is 81.5 Å². The van der Waals surface area contributed by atoms with Gasteiger partial charge >= 0.3 is 0 Å². The van der Waals surface area contributed by atoms with Gasteiger partial charge in [-0.15, -0.1) is 11.3 Å². The molecule has 0 aliphatic carbocycles. The largest absolute Gasteiger partial charge is 0.508 e. The number of morpholine rings is 1. The van der Waals surface area contributed by atoms with Gasteiger partial charge in [0.05, 0.1) is 46.6 Å². The number of carbonyl (C=O) groups excluding carboxylic acids is 2. The molecule has 17 heteroatoms. The Labute approximate surface area is 370 Å². The van der Waals surface area contributed by atoms with Crippen molar-refractivity contribution in [1.29, 1.82) is 0 Å². The molecule has 4 aliphatic rings. The van der Waals surface area contributed by atoms with Crippen LogP contribution in [0.1, 0.15) is 82.9 Å². The normalized spacial score (nSPS) is 18.6. The Balaban J connectivity index is 0.770. The summed E-state index contributed by atoms with van der Waals surface area (Å²) >= 11 is 1.70. The Morgan fingerprint density at radius 2 is 1.59 bits per heavy atom. The van der Waals surface area contributed by atoms with E-state index in [9.17, 15) is 24.9 Å². The number of aliphatic hydroxyl groups is 1. The van der Waals surface area contributed by atoms with E-state index in [2.05, 4.69) is 48.9 Å². The molecule has 2 amide bonds. The molecular weight excluding hydrogens is 821 g/mol. The molecule has 9 rings (SSSR count). The number of aromatic nitrogens is 4. The van der Waals surface area contributed by atoms with Gasteiger partial charge in [-0.2, -0.15) is 0 Å². The van der Waals surface area contributed by atoms with Gasteiger partial charge in [-0.05, 0) is 59.6 Å². The minimum absolute atomic E-state index is 0.00210. The van der Waals surface area contributed by atoms with Gasteiger partial charge in [-0.3, -0.25) is 19.4 Å². The highest BCUT2D eigenvalue weighted by atomic mass is 32.1. The van der Waals surface area contributed by atoms with Crippen LogP contribution in [0.15, 0.2) is 48.8 Å². The average Bonchev–Trinajstić information content (AvgIpc) is 3.81. The van der Waals surface area contributed by atoms with E-state index in [1.165, 1.54) is 10.9 Å². The number of ether oxygens (including phenoxy) is 1. The summed E-state index contributed by atoms with van der Waals surface area (Å²) in [5.74, 6) is 1.16. The zero-order valence-corrected chi connectivity index (χ0v) is 36.8. The number of nitrogen functional groups attached to an aromatic ring is 1. The minimum Gasteiger partial charge on any atom is -0.508 e. The molecule has 2 aromatic carbocycles. The number of nitrogens with two attached hydrogens (primary N) is 1. The highest BCUT2D eigenvalue weighted by molar-refractivity contribution is 7.19. The molecule has 0 saturated carbocycles. The van der Waals surface area contributed by atoms with Crippen LogP contribution in [0.3, 0.4) is 0 Å². The summed E-state index contributed by atoms with van der Waals surface area (Å²) in [5.41, 5.74) is 10.4. The first kappa shape index (κ1) is 42.8. The number of piperidine rings is 1.